The molecule has 1 N–H and O–H groups in total. The molecule has 0 spiro atoms. The van der Waals surface area contributed by atoms with Crippen LogP contribution >= 0.6 is 0 Å². The third kappa shape index (κ3) is 5.79. The number of ether oxygens (including phenoxy) is 1. The highest BCUT2D eigenvalue weighted by Crippen LogP contribution is 2.34. The average Bonchev–Trinajstić information content (AvgIpc) is 2.86. The fraction of sp³-hybridized carbons (Fsp3) is 0.448. The van der Waals surface area contributed by atoms with Crippen molar-refractivity contribution in [3.8, 4) is 0 Å². The lowest BCUT2D eigenvalue weighted by molar-refractivity contribution is -0.139. The lowest BCUT2D eigenvalue weighted by Gasteiger charge is -2.40. The van der Waals surface area contributed by atoms with Crippen LogP contribution < -0.4 is 5.32 Å². The number of piperazine rings is 1. The van der Waals surface area contributed by atoms with Gasteiger partial charge in [0.2, 0.25) is 0 Å². The number of likely N-dealkylation sites (N-methyl/N-ethyl adjacent to an activating group) is 1. The summed E-state index contributed by atoms with van der Waals surface area (Å²) in [5, 5.41) is 3.09. The first-order valence-electron chi connectivity index (χ1n) is 12.9. The molecule has 36 heavy (non-hydrogen) atoms. The van der Waals surface area contributed by atoms with Crippen molar-refractivity contribution in [1.82, 2.24) is 20.0 Å². The zero-order valence-corrected chi connectivity index (χ0v) is 21.9. The predicted octanol–water partition coefficient (Wildman–Crippen LogP) is 4.02. The Balaban J connectivity index is 1.61. The van der Waals surface area contributed by atoms with Crippen LogP contribution in [-0.4, -0.2) is 72.6 Å². The zero-order valence-electron chi connectivity index (χ0n) is 21.9. The summed E-state index contributed by atoms with van der Waals surface area (Å²) in [6, 6.07) is 15.9. The molecule has 2 aliphatic heterocycles. The van der Waals surface area contributed by atoms with Crippen molar-refractivity contribution in [1.29, 1.82) is 0 Å². The summed E-state index contributed by atoms with van der Waals surface area (Å²) in [4.78, 5) is 33.1. The Hall–Kier alpha value is -3.16. The van der Waals surface area contributed by atoms with E-state index in [-0.39, 0.29) is 18.6 Å². The van der Waals surface area contributed by atoms with Gasteiger partial charge in [-0.3, -0.25) is 14.7 Å². The minimum absolute atomic E-state index is 0.173. The first-order chi connectivity index (χ1) is 17.4. The van der Waals surface area contributed by atoms with Crippen molar-refractivity contribution in [2.45, 2.75) is 40.3 Å². The van der Waals surface area contributed by atoms with Crippen LogP contribution in [0.2, 0.25) is 0 Å². The molecular formula is C29H38N4O3. The van der Waals surface area contributed by atoms with E-state index in [1.54, 1.807) is 4.90 Å². The van der Waals surface area contributed by atoms with Gasteiger partial charge in [-0.05, 0) is 44.4 Å². The van der Waals surface area contributed by atoms with Crippen LogP contribution in [-0.2, 0) is 16.1 Å². The SMILES string of the molecule is CCOC(=O)C1=C(CN2CCN(Cc3ccccc3)CC2)N(CC)C(=O)NC1c1ccc(C)cc1C. The summed E-state index contributed by atoms with van der Waals surface area (Å²) in [5.74, 6) is -0.362. The molecule has 2 heterocycles. The van der Waals surface area contributed by atoms with Crippen molar-refractivity contribution in [3.05, 3.63) is 82.1 Å². The van der Waals surface area contributed by atoms with Gasteiger partial charge in [0, 0.05) is 51.5 Å². The third-order valence-corrected chi connectivity index (χ3v) is 7.07. The number of aryl methyl sites for hydroxylation is 2. The van der Waals surface area contributed by atoms with Gasteiger partial charge in [-0.25, -0.2) is 9.59 Å². The van der Waals surface area contributed by atoms with Crippen LogP contribution in [0.15, 0.2) is 59.8 Å². The molecule has 2 aliphatic rings. The Morgan fingerprint density at radius 2 is 1.64 bits per heavy atom. The summed E-state index contributed by atoms with van der Waals surface area (Å²) in [7, 11) is 0. The van der Waals surface area contributed by atoms with Crippen LogP contribution in [0.3, 0.4) is 0 Å². The van der Waals surface area contributed by atoms with Crippen LogP contribution in [0, 0.1) is 13.8 Å². The number of carbonyl (C=O) groups is 2. The monoisotopic (exact) mass is 490 g/mol. The molecule has 0 saturated carbocycles. The Labute approximate surface area is 214 Å². The fourth-order valence-corrected chi connectivity index (χ4v) is 5.20. The standard InChI is InChI=1S/C29H38N4O3/c1-5-33-25(20-32-16-14-31(15-17-32)19-23-10-8-7-9-11-23)26(28(34)36-6-2)27(30-29(33)35)24-13-12-21(3)18-22(24)4/h7-13,18,27H,5-6,14-17,19-20H2,1-4H3,(H,30,35). The number of carbonyl (C=O) groups excluding carboxylic acids is 2. The molecule has 1 fully saturated rings. The second-order valence-corrected chi connectivity index (χ2v) is 9.61. The summed E-state index contributed by atoms with van der Waals surface area (Å²) >= 11 is 0. The number of urea groups is 1. The van der Waals surface area contributed by atoms with Crippen LogP contribution in [0.1, 0.15) is 42.1 Å². The third-order valence-electron chi connectivity index (χ3n) is 7.07. The summed E-state index contributed by atoms with van der Waals surface area (Å²) in [6.45, 7) is 13.7. The number of nitrogens with zero attached hydrogens (tertiary/aromatic N) is 3. The zero-order chi connectivity index (χ0) is 25.7. The van der Waals surface area contributed by atoms with Crippen LogP contribution in [0.5, 0.6) is 0 Å². The fourth-order valence-electron chi connectivity index (χ4n) is 5.20. The average molecular weight is 491 g/mol. The van der Waals surface area contributed by atoms with E-state index in [9.17, 15) is 9.59 Å². The van der Waals surface area contributed by atoms with Crippen molar-refractivity contribution in [2.24, 2.45) is 0 Å². The van der Waals surface area contributed by atoms with Gasteiger partial charge in [-0.15, -0.1) is 0 Å². The largest absolute Gasteiger partial charge is 0.463 e. The van der Waals surface area contributed by atoms with Gasteiger partial charge < -0.3 is 10.1 Å². The van der Waals surface area contributed by atoms with Crippen molar-refractivity contribution < 1.29 is 14.3 Å². The van der Waals surface area contributed by atoms with E-state index < -0.39 is 6.04 Å². The second kappa shape index (κ2) is 11.7. The number of amides is 2. The Morgan fingerprint density at radius 1 is 0.972 bits per heavy atom. The number of hydrogen-bond donors (Lipinski definition) is 1. The molecule has 0 aliphatic carbocycles. The summed E-state index contributed by atoms with van der Waals surface area (Å²) < 4.78 is 5.53. The van der Waals surface area contributed by atoms with Crippen molar-refractivity contribution >= 4 is 12.0 Å². The molecule has 7 nitrogen and oxygen atoms in total. The van der Waals surface area contributed by atoms with Gasteiger partial charge >= 0.3 is 12.0 Å². The molecule has 2 amide bonds. The number of benzene rings is 2. The molecule has 1 unspecified atom stereocenters. The minimum atomic E-state index is -0.533. The maximum Gasteiger partial charge on any atom is 0.338 e. The quantitative estimate of drug-likeness (QED) is 0.566. The molecule has 1 atom stereocenters. The van der Waals surface area contributed by atoms with E-state index >= 15 is 0 Å². The number of esters is 1. The minimum Gasteiger partial charge on any atom is -0.463 e. The smallest absolute Gasteiger partial charge is 0.338 e. The predicted molar refractivity (Wildman–Crippen MR) is 141 cm³/mol. The van der Waals surface area contributed by atoms with E-state index in [0.29, 0.717) is 18.7 Å². The number of nitrogens with one attached hydrogen (secondary N) is 1. The maximum absolute atomic E-state index is 13.4. The molecule has 7 heteroatoms. The van der Waals surface area contributed by atoms with E-state index in [1.807, 2.05) is 45.9 Å². The molecule has 2 aromatic rings. The van der Waals surface area contributed by atoms with Gasteiger partial charge in [0.15, 0.2) is 0 Å². The molecule has 192 valence electrons. The summed E-state index contributed by atoms with van der Waals surface area (Å²) in [6.07, 6.45) is 0. The first-order valence-corrected chi connectivity index (χ1v) is 12.9. The Kier molecular flexibility index (Phi) is 8.44. The highest BCUT2D eigenvalue weighted by Gasteiger charge is 2.39. The lowest BCUT2D eigenvalue weighted by atomic mass is 9.90. The maximum atomic E-state index is 13.4. The topological polar surface area (TPSA) is 65.1 Å². The van der Waals surface area contributed by atoms with Crippen molar-refractivity contribution in [2.75, 3.05) is 45.9 Å². The van der Waals surface area contributed by atoms with Gasteiger partial charge in [0.1, 0.15) is 0 Å². The highest BCUT2D eigenvalue weighted by molar-refractivity contribution is 5.95. The Morgan fingerprint density at radius 3 is 2.25 bits per heavy atom. The van der Waals surface area contributed by atoms with E-state index in [2.05, 4.69) is 45.4 Å². The molecule has 2 aromatic carbocycles. The van der Waals surface area contributed by atoms with Crippen LogP contribution in [0.4, 0.5) is 4.79 Å². The van der Waals surface area contributed by atoms with E-state index in [1.165, 1.54) is 5.56 Å². The van der Waals surface area contributed by atoms with Gasteiger partial charge in [-0.2, -0.15) is 0 Å². The molecule has 4 rings (SSSR count). The highest BCUT2D eigenvalue weighted by atomic mass is 16.5. The Bertz CT molecular complexity index is 1110. The molecule has 1 saturated heterocycles. The lowest BCUT2D eigenvalue weighted by Crippen LogP contribution is -2.53. The van der Waals surface area contributed by atoms with Gasteiger partial charge in [0.25, 0.3) is 0 Å². The molecular weight excluding hydrogens is 452 g/mol. The molecule has 0 aromatic heterocycles. The molecule has 0 bridgehead atoms. The second-order valence-electron chi connectivity index (χ2n) is 9.61. The number of hydrogen-bond acceptors (Lipinski definition) is 5. The van der Waals surface area contributed by atoms with E-state index in [0.717, 1.165) is 55.1 Å². The van der Waals surface area contributed by atoms with Gasteiger partial charge in [-0.1, -0.05) is 54.1 Å². The summed E-state index contributed by atoms with van der Waals surface area (Å²) in [5.41, 5.74) is 5.72. The normalized spacial score (nSPS) is 19.4. The van der Waals surface area contributed by atoms with Crippen LogP contribution in [0.25, 0.3) is 0 Å². The van der Waals surface area contributed by atoms with Gasteiger partial charge in [0.05, 0.1) is 18.2 Å². The van der Waals surface area contributed by atoms with Crippen molar-refractivity contribution in [3.63, 3.8) is 0 Å². The number of rotatable bonds is 8. The van der Waals surface area contributed by atoms with E-state index in [4.69, 9.17) is 4.74 Å². The molecule has 0 radical (unpaired) electrons. The first kappa shape index (κ1) is 25.9.